The lowest BCUT2D eigenvalue weighted by molar-refractivity contribution is -0.142. The molecule has 0 aliphatic rings. The second kappa shape index (κ2) is 8.14. The Balaban J connectivity index is 2.29. The highest BCUT2D eigenvalue weighted by Gasteiger charge is 2.16. The molecule has 0 aliphatic heterocycles. The summed E-state index contributed by atoms with van der Waals surface area (Å²) >= 11 is 1.71. The molecule has 0 bridgehead atoms. The summed E-state index contributed by atoms with van der Waals surface area (Å²) in [7, 11) is 0. The van der Waals surface area contributed by atoms with Gasteiger partial charge in [-0.1, -0.05) is 18.2 Å². The summed E-state index contributed by atoms with van der Waals surface area (Å²) in [6.07, 6.45) is 2.17. The van der Waals surface area contributed by atoms with E-state index in [2.05, 4.69) is 0 Å². The average Bonchev–Trinajstić information content (AvgIpc) is 2.34. The van der Waals surface area contributed by atoms with Crippen molar-refractivity contribution < 1.29 is 9.90 Å². The molecule has 0 amide bonds. The van der Waals surface area contributed by atoms with Crippen molar-refractivity contribution in [2.45, 2.75) is 24.2 Å². The second-order valence-electron chi connectivity index (χ2n) is 3.92. The Hall–Kier alpha value is -1.00. The van der Waals surface area contributed by atoms with E-state index < -0.39 is 5.97 Å². The molecular weight excluding hydrogens is 234 g/mol. The summed E-state index contributed by atoms with van der Waals surface area (Å²) in [6, 6.07) is 10.0. The van der Waals surface area contributed by atoms with Crippen LogP contribution in [0.25, 0.3) is 0 Å². The van der Waals surface area contributed by atoms with Gasteiger partial charge in [-0.05, 0) is 43.7 Å². The van der Waals surface area contributed by atoms with E-state index in [0.29, 0.717) is 19.4 Å². The van der Waals surface area contributed by atoms with Gasteiger partial charge in [0.05, 0.1) is 5.92 Å². The van der Waals surface area contributed by atoms with E-state index in [9.17, 15) is 4.79 Å². The van der Waals surface area contributed by atoms with Crippen molar-refractivity contribution in [1.82, 2.24) is 0 Å². The quantitative estimate of drug-likeness (QED) is 0.699. The topological polar surface area (TPSA) is 63.3 Å². The average molecular weight is 253 g/mol. The normalized spacial score (nSPS) is 12.3. The third-order valence-corrected chi connectivity index (χ3v) is 3.63. The van der Waals surface area contributed by atoms with Crippen LogP contribution in [0.3, 0.4) is 0 Å². The SMILES string of the molecule is NCCCC(CCSc1ccccc1)C(=O)O. The minimum atomic E-state index is -0.702. The zero-order chi connectivity index (χ0) is 12.5. The number of carbonyl (C=O) groups is 1. The molecule has 0 saturated carbocycles. The Morgan fingerprint density at radius 2 is 2.00 bits per heavy atom. The Labute approximate surface area is 106 Å². The monoisotopic (exact) mass is 253 g/mol. The smallest absolute Gasteiger partial charge is 0.306 e. The predicted molar refractivity (Wildman–Crippen MR) is 71.2 cm³/mol. The van der Waals surface area contributed by atoms with E-state index in [1.165, 1.54) is 4.90 Å². The molecular formula is C13H19NO2S. The third kappa shape index (κ3) is 5.75. The van der Waals surface area contributed by atoms with Gasteiger partial charge in [0.2, 0.25) is 0 Å². The van der Waals surface area contributed by atoms with Gasteiger partial charge < -0.3 is 10.8 Å². The Kier molecular flexibility index (Phi) is 6.74. The number of nitrogens with two attached hydrogens (primary N) is 1. The van der Waals surface area contributed by atoms with Crippen molar-refractivity contribution in [2.24, 2.45) is 11.7 Å². The van der Waals surface area contributed by atoms with Crippen LogP contribution in [-0.4, -0.2) is 23.4 Å². The van der Waals surface area contributed by atoms with Gasteiger partial charge in [0.15, 0.2) is 0 Å². The first-order valence-electron chi connectivity index (χ1n) is 5.84. The molecule has 0 aromatic heterocycles. The van der Waals surface area contributed by atoms with Gasteiger partial charge in [0, 0.05) is 4.90 Å². The van der Waals surface area contributed by atoms with Crippen LogP contribution in [0.15, 0.2) is 35.2 Å². The van der Waals surface area contributed by atoms with Crippen LogP contribution in [0.2, 0.25) is 0 Å². The van der Waals surface area contributed by atoms with Crippen molar-refractivity contribution in [3.63, 3.8) is 0 Å². The van der Waals surface area contributed by atoms with Gasteiger partial charge in [-0.2, -0.15) is 0 Å². The zero-order valence-electron chi connectivity index (χ0n) is 9.84. The first-order valence-corrected chi connectivity index (χ1v) is 6.83. The van der Waals surface area contributed by atoms with Crippen LogP contribution >= 0.6 is 11.8 Å². The van der Waals surface area contributed by atoms with Crippen LogP contribution in [0, 0.1) is 5.92 Å². The number of hydrogen-bond acceptors (Lipinski definition) is 3. The Morgan fingerprint density at radius 3 is 2.59 bits per heavy atom. The summed E-state index contributed by atoms with van der Waals surface area (Å²) in [5.74, 6) is -0.118. The van der Waals surface area contributed by atoms with E-state index >= 15 is 0 Å². The van der Waals surface area contributed by atoms with Crippen molar-refractivity contribution in [3.05, 3.63) is 30.3 Å². The highest BCUT2D eigenvalue weighted by atomic mass is 32.2. The highest BCUT2D eigenvalue weighted by molar-refractivity contribution is 7.99. The molecule has 0 fully saturated rings. The summed E-state index contributed by atoms with van der Waals surface area (Å²) < 4.78 is 0. The van der Waals surface area contributed by atoms with Gasteiger partial charge in [0.25, 0.3) is 0 Å². The van der Waals surface area contributed by atoms with Crippen LogP contribution in [-0.2, 0) is 4.79 Å². The molecule has 1 atom stereocenters. The molecule has 0 saturated heterocycles. The fourth-order valence-corrected chi connectivity index (χ4v) is 2.58. The number of carboxylic acid groups (broad SMARTS) is 1. The standard InChI is InChI=1S/C13H19NO2S/c14-9-4-5-11(13(15)16)8-10-17-12-6-2-1-3-7-12/h1-3,6-7,11H,4-5,8-10,14H2,(H,15,16). The van der Waals surface area contributed by atoms with Gasteiger partial charge in [-0.25, -0.2) is 0 Å². The Morgan fingerprint density at radius 1 is 1.29 bits per heavy atom. The van der Waals surface area contributed by atoms with Crippen LogP contribution in [0.4, 0.5) is 0 Å². The molecule has 3 nitrogen and oxygen atoms in total. The molecule has 1 aromatic carbocycles. The first kappa shape index (κ1) is 14.1. The molecule has 1 unspecified atom stereocenters. The minimum Gasteiger partial charge on any atom is -0.481 e. The maximum absolute atomic E-state index is 11.0. The largest absolute Gasteiger partial charge is 0.481 e. The lowest BCUT2D eigenvalue weighted by Gasteiger charge is -2.11. The van der Waals surface area contributed by atoms with E-state index in [0.717, 1.165) is 12.2 Å². The van der Waals surface area contributed by atoms with Crippen LogP contribution in [0.5, 0.6) is 0 Å². The lowest BCUT2D eigenvalue weighted by atomic mass is 10.0. The van der Waals surface area contributed by atoms with Crippen molar-refractivity contribution in [1.29, 1.82) is 0 Å². The third-order valence-electron chi connectivity index (χ3n) is 2.58. The number of thioether (sulfide) groups is 1. The number of hydrogen-bond donors (Lipinski definition) is 2. The Bertz CT molecular complexity index is 329. The van der Waals surface area contributed by atoms with E-state index in [1.54, 1.807) is 11.8 Å². The fourth-order valence-electron chi connectivity index (χ4n) is 1.59. The number of carboxylic acids is 1. The van der Waals surface area contributed by atoms with Crippen LogP contribution in [0.1, 0.15) is 19.3 Å². The molecule has 94 valence electrons. The zero-order valence-corrected chi connectivity index (χ0v) is 10.7. The van der Waals surface area contributed by atoms with E-state index in [4.69, 9.17) is 10.8 Å². The van der Waals surface area contributed by atoms with Gasteiger partial charge in [0.1, 0.15) is 0 Å². The first-order chi connectivity index (χ1) is 8.24. The fraction of sp³-hybridized carbons (Fsp3) is 0.462. The minimum absolute atomic E-state index is 0.255. The summed E-state index contributed by atoms with van der Waals surface area (Å²) in [5, 5.41) is 9.05. The molecule has 1 rings (SSSR count). The van der Waals surface area contributed by atoms with E-state index in [-0.39, 0.29) is 5.92 Å². The molecule has 3 N–H and O–H groups in total. The molecule has 0 heterocycles. The summed E-state index contributed by atoms with van der Waals surface area (Å²) in [4.78, 5) is 12.2. The van der Waals surface area contributed by atoms with Crippen LogP contribution < -0.4 is 5.73 Å². The van der Waals surface area contributed by atoms with Gasteiger partial charge >= 0.3 is 5.97 Å². The lowest BCUT2D eigenvalue weighted by Crippen LogP contribution is -2.16. The van der Waals surface area contributed by atoms with Crippen molar-refractivity contribution in [3.8, 4) is 0 Å². The molecule has 0 aliphatic carbocycles. The summed E-state index contributed by atoms with van der Waals surface area (Å²) in [5.41, 5.74) is 5.40. The summed E-state index contributed by atoms with van der Waals surface area (Å²) in [6.45, 7) is 0.565. The maximum atomic E-state index is 11.0. The number of benzene rings is 1. The number of aliphatic carboxylic acids is 1. The molecule has 4 heteroatoms. The van der Waals surface area contributed by atoms with Crippen molar-refractivity contribution in [2.75, 3.05) is 12.3 Å². The molecule has 17 heavy (non-hydrogen) atoms. The molecule has 1 aromatic rings. The molecule has 0 spiro atoms. The maximum Gasteiger partial charge on any atom is 0.306 e. The molecule has 0 radical (unpaired) electrons. The second-order valence-corrected chi connectivity index (χ2v) is 5.08. The van der Waals surface area contributed by atoms with Crippen molar-refractivity contribution >= 4 is 17.7 Å². The number of rotatable bonds is 8. The van der Waals surface area contributed by atoms with Gasteiger partial charge in [-0.15, -0.1) is 11.8 Å². The van der Waals surface area contributed by atoms with Gasteiger partial charge in [-0.3, -0.25) is 4.79 Å². The predicted octanol–water partition coefficient (Wildman–Crippen LogP) is 2.61. The van der Waals surface area contributed by atoms with E-state index in [1.807, 2.05) is 30.3 Å². The highest BCUT2D eigenvalue weighted by Crippen LogP contribution is 2.21.